The normalized spacial score (nSPS) is 42.2. The lowest BCUT2D eigenvalue weighted by atomic mass is 9.49. The van der Waals surface area contributed by atoms with Gasteiger partial charge in [-0.1, -0.05) is 39.2 Å². The summed E-state index contributed by atoms with van der Waals surface area (Å²) in [5.74, 6) is 3.79. The number of carbonyl (C=O) groups is 2. The SMILES string of the molecule is CCCCCC(=O)O[C@H]1CC[C@H]2[C@H]3[C@H](CC[C@]12C)[C@H]1CCC(=O)C=C1C[C@H]3C. The van der Waals surface area contributed by atoms with E-state index in [4.69, 9.17) is 4.74 Å². The summed E-state index contributed by atoms with van der Waals surface area (Å²) in [6.07, 6.45) is 13.5. The van der Waals surface area contributed by atoms with E-state index in [0.717, 1.165) is 56.8 Å². The molecule has 4 rings (SSSR count). The second-order valence-corrected chi connectivity index (χ2v) is 10.4. The van der Waals surface area contributed by atoms with Crippen molar-refractivity contribution in [2.24, 2.45) is 35.0 Å². The third-order valence-electron chi connectivity index (χ3n) is 8.81. The molecular weight excluding hydrogens is 348 g/mol. The topological polar surface area (TPSA) is 43.4 Å². The van der Waals surface area contributed by atoms with E-state index in [1.165, 1.54) is 24.8 Å². The van der Waals surface area contributed by atoms with Crippen LogP contribution in [0.15, 0.2) is 11.6 Å². The van der Waals surface area contributed by atoms with Gasteiger partial charge in [-0.2, -0.15) is 0 Å². The molecule has 0 N–H and O–H groups in total. The highest BCUT2D eigenvalue weighted by molar-refractivity contribution is 5.91. The van der Waals surface area contributed by atoms with Crippen LogP contribution in [0.2, 0.25) is 0 Å². The highest BCUT2D eigenvalue weighted by Gasteiger charge is 2.58. The molecule has 0 aromatic rings. The summed E-state index contributed by atoms with van der Waals surface area (Å²) in [6.45, 7) is 6.98. The van der Waals surface area contributed by atoms with Crippen molar-refractivity contribution in [3.8, 4) is 0 Å². The van der Waals surface area contributed by atoms with Crippen molar-refractivity contribution in [3.05, 3.63) is 11.6 Å². The number of ether oxygens (including phenoxy) is 1. The van der Waals surface area contributed by atoms with E-state index in [2.05, 4.69) is 20.8 Å². The van der Waals surface area contributed by atoms with Gasteiger partial charge in [-0.05, 0) is 80.6 Å². The number of ketones is 1. The fourth-order valence-electron chi connectivity index (χ4n) is 7.47. The van der Waals surface area contributed by atoms with Gasteiger partial charge >= 0.3 is 5.97 Å². The molecule has 0 aromatic carbocycles. The van der Waals surface area contributed by atoms with Gasteiger partial charge in [-0.15, -0.1) is 0 Å². The Morgan fingerprint density at radius 2 is 2.04 bits per heavy atom. The molecule has 0 unspecified atom stereocenters. The average molecular weight is 387 g/mol. The van der Waals surface area contributed by atoms with E-state index in [1.54, 1.807) is 0 Å². The Morgan fingerprint density at radius 3 is 2.82 bits per heavy atom. The van der Waals surface area contributed by atoms with E-state index in [0.29, 0.717) is 30.0 Å². The van der Waals surface area contributed by atoms with Crippen LogP contribution in [0, 0.1) is 35.0 Å². The van der Waals surface area contributed by atoms with Gasteiger partial charge in [0.25, 0.3) is 0 Å². The highest BCUT2D eigenvalue weighted by atomic mass is 16.5. The first-order chi connectivity index (χ1) is 13.4. The third kappa shape index (κ3) is 3.48. The molecule has 156 valence electrons. The predicted octanol–water partition coefficient (Wildman–Crippen LogP) is 5.87. The monoisotopic (exact) mass is 386 g/mol. The molecule has 4 aliphatic rings. The fraction of sp³-hybridized carbons (Fsp3) is 0.840. The molecule has 0 aliphatic heterocycles. The highest BCUT2D eigenvalue weighted by Crippen LogP contribution is 2.63. The quantitative estimate of drug-likeness (QED) is 0.438. The molecule has 0 heterocycles. The largest absolute Gasteiger partial charge is 0.462 e. The maximum absolute atomic E-state index is 12.4. The summed E-state index contributed by atoms with van der Waals surface area (Å²) in [5, 5.41) is 0. The second-order valence-electron chi connectivity index (χ2n) is 10.4. The number of esters is 1. The molecule has 4 aliphatic carbocycles. The molecule has 0 radical (unpaired) electrons. The predicted molar refractivity (Wildman–Crippen MR) is 111 cm³/mol. The number of hydrogen-bond donors (Lipinski definition) is 0. The van der Waals surface area contributed by atoms with E-state index in [9.17, 15) is 9.59 Å². The summed E-state index contributed by atoms with van der Waals surface area (Å²) >= 11 is 0. The Bertz CT molecular complexity index is 650. The van der Waals surface area contributed by atoms with Crippen molar-refractivity contribution in [1.82, 2.24) is 0 Å². The molecule has 7 atom stereocenters. The molecule has 0 bridgehead atoms. The zero-order valence-corrected chi connectivity index (χ0v) is 18.0. The maximum atomic E-state index is 12.4. The fourth-order valence-corrected chi connectivity index (χ4v) is 7.47. The Labute approximate surface area is 170 Å². The summed E-state index contributed by atoms with van der Waals surface area (Å²) in [6, 6.07) is 0. The smallest absolute Gasteiger partial charge is 0.306 e. The Morgan fingerprint density at radius 1 is 1.21 bits per heavy atom. The van der Waals surface area contributed by atoms with Gasteiger partial charge in [0.15, 0.2) is 5.78 Å². The Kier molecular flexibility index (Phi) is 5.73. The van der Waals surface area contributed by atoms with Gasteiger partial charge in [0.05, 0.1) is 0 Å². The Hall–Kier alpha value is -1.12. The van der Waals surface area contributed by atoms with Crippen molar-refractivity contribution in [2.45, 2.75) is 97.5 Å². The Balaban J connectivity index is 1.47. The van der Waals surface area contributed by atoms with Crippen LogP contribution >= 0.6 is 0 Å². The molecule has 3 saturated carbocycles. The van der Waals surface area contributed by atoms with Crippen LogP contribution < -0.4 is 0 Å². The van der Waals surface area contributed by atoms with E-state index >= 15 is 0 Å². The zero-order chi connectivity index (χ0) is 19.9. The van der Waals surface area contributed by atoms with Crippen LogP contribution in [0.4, 0.5) is 0 Å². The van der Waals surface area contributed by atoms with Crippen LogP contribution in [-0.2, 0) is 14.3 Å². The summed E-state index contributed by atoms with van der Waals surface area (Å²) in [7, 11) is 0. The average Bonchev–Trinajstić information content (AvgIpc) is 2.98. The first-order valence-electron chi connectivity index (χ1n) is 11.9. The van der Waals surface area contributed by atoms with E-state index in [-0.39, 0.29) is 17.5 Å². The third-order valence-corrected chi connectivity index (χ3v) is 8.81. The second kappa shape index (κ2) is 7.95. The minimum absolute atomic E-state index is 0.0233. The van der Waals surface area contributed by atoms with Gasteiger partial charge in [-0.25, -0.2) is 0 Å². The van der Waals surface area contributed by atoms with Crippen molar-refractivity contribution in [2.75, 3.05) is 0 Å². The summed E-state index contributed by atoms with van der Waals surface area (Å²) in [4.78, 5) is 24.3. The molecule has 0 spiro atoms. The minimum Gasteiger partial charge on any atom is -0.462 e. The summed E-state index contributed by atoms with van der Waals surface area (Å²) in [5.41, 5.74) is 1.60. The molecule has 3 fully saturated rings. The lowest BCUT2D eigenvalue weighted by Crippen LogP contribution is -2.50. The van der Waals surface area contributed by atoms with Crippen LogP contribution in [-0.4, -0.2) is 17.9 Å². The van der Waals surface area contributed by atoms with Crippen molar-refractivity contribution in [3.63, 3.8) is 0 Å². The minimum atomic E-state index is 0.0233. The van der Waals surface area contributed by atoms with Crippen LogP contribution in [0.1, 0.15) is 91.4 Å². The van der Waals surface area contributed by atoms with Crippen LogP contribution in [0.25, 0.3) is 0 Å². The lowest BCUT2D eigenvalue weighted by molar-refractivity contribution is -0.159. The summed E-state index contributed by atoms with van der Waals surface area (Å²) < 4.78 is 6.07. The first kappa shape index (κ1) is 20.2. The maximum Gasteiger partial charge on any atom is 0.306 e. The van der Waals surface area contributed by atoms with Gasteiger partial charge in [0, 0.05) is 18.3 Å². The number of hydrogen-bond acceptors (Lipinski definition) is 3. The molecule has 3 heteroatoms. The molecule has 28 heavy (non-hydrogen) atoms. The molecular formula is C25H38O3. The van der Waals surface area contributed by atoms with Crippen LogP contribution in [0.5, 0.6) is 0 Å². The first-order valence-corrected chi connectivity index (χ1v) is 11.9. The number of allylic oxidation sites excluding steroid dienone is 1. The number of rotatable bonds is 5. The molecule has 0 aromatic heterocycles. The van der Waals surface area contributed by atoms with Gasteiger partial charge in [-0.3, -0.25) is 9.59 Å². The van der Waals surface area contributed by atoms with Crippen molar-refractivity contribution >= 4 is 11.8 Å². The molecule has 3 nitrogen and oxygen atoms in total. The number of carbonyl (C=O) groups excluding carboxylic acids is 2. The standard InChI is InChI=1S/C25H38O3/c1-4-5-6-7-23(27)28-22-11-10-21-24-16(2)14-17-15-18(26)8-9-19(17)20(24)12-13-25(21,22)3/h15-16,19-22,24H,4-14H2,1-3H3/t16-,19+,20-,21+,22+,24-,25+/m1/s1. The zero-order valence-electron chi connectivity index (χ0n) is 18.0. The van der Waals surface area contributed by atoms with Crippen molar-refractivity contribution < 1.29 is 14.3 Å². The lowest BCUT2D eigenvalue weighted by Gasteiger charge is -2.55. The van der Waals surface area contributed by atoms with Crippen LogP contribution in [0.3, 0.4) is 0 Å². The van der Waals surface area contributed by atoms with Gasteiger partial charge in [0.2, 0.25) is 0 Å². The van der Waals surface area contributed by atoms with Gasteiger partial charge < -0.3 is 4.74 Å². The van der Waals surface area contributed by atoms with E-state index < -0.39 is 0 Å². The molecule has 0 saturated heterocycles. The van der Waals surface area contributed by atoms with Gasteiger partial charge in [0.1, 0.15) is 6.10 Å². The van der Waals surface area contributed by atoms with E-state index in [1.807, 2.05) is 6.08 Å². The van der Waals surface area contributed by atoms with Crippen molar-refractivity contribution in [1.29, 1.82) is 0 Å². The number of fused-ring (bicyclic) bond motifs is 5. The number of unbranched alkanes of at least 4 members (excludes halogenated alkanes) is 2. The molecule has 0 amide bonds.